The SMILES string of the molecule is O=C1Nc2cccc(Br)c2C1NCCCO. The molecule has 4 nitrogen and oxygen atoms in total. The Hall–Kier alpha value is -0.910. The fraction of sp³-hybridized carbons (Fsp3) is 0.364. The molecule has 5 heteroatoms. The largest absolute Gasteiger partial charge is 0.396 e. The average Bonchev–Trinajstić information content (AvgIpc) is 2.57. The van der Waals surface area contributed by atoms with Crippen LogP contribution in [0.25, 0.3) is 0 Å². The number of anilines is 1. The summed E-state index contributed by atoms with van der Waals surface area (Å²) in [5.41, 5.74) is 1.80. The van der Waals surface area contributed by atoms with E-state index < -0.39 is 0 Å². The van der Waals surface area contributed by atoms with Gasteiger partial charge in [0.25, 0.3) is 0 Å². The molecule has 1 aliphatic heterocycles. The minimum atomic E-state index is -0.322. The number of benzene rings is 1. The standard InChI is InChI=1S/C11H13BrN2O2/c12-7-3-1-4-8-9(7)10(11(16)14-8)13-5-2-6-15/h1,3-4,10,13,15H,2,5-6H2,(H,14,16). The minimum Gasteiger partial charge on any atom is -0.396 e. The topological polar surface area (TPSA) is 61.4 Å². The van der Waals surface area contributed by atoms with Crippen molar-refractivity contribution in [3.8, 4) is 0 Å². The number of amides is 1. The molecule has 1 unspecified atom stereocenters. The number of fused-ring (bicyclic) bond motifs is 1. The van der Waals surface area contributed by atoms with Crippen molar-refractivity contribution in [2.24, 2.45) is 0 Å². The van der Waals surface area contributed by atoms with E-state index in [4.69, 9.17) is 5.11 Å². The van der Waals surface area contributed by atoms with Crippen LogP contribution in [0.2, 0.25) is 0 Å². The Morgan fingerprint density at radius 2 is 2.31 bits per heavy atom. The number of halogens is 1. The average molecular weight is 285 g/mol. The lowest BCUT2D eigenvalue weighted by Gasteiger charge is -2.11. The molecule has 1 aliphatic rings. The van der Waals surface area contributed by atoms with Crippen LogP contribution in [0, 0.1) is 0 Å². The monoisotopic (exact) mass is 284 g/mol. The lowest BCUT2D eigenvalue weighted by atomic mass is 10.1. The number of aliphatic hydroxyl groups is 1. The molecule has 86 valence electrons. The summed E-state index contributed by atoms with van der Waals surface area (Å²) >= 11 is 3.44. The van der Waals surface area contributed by atoms with Gasteiger partial charge in [-0.05, 0) is 25.1 Å². The quantitative estimate of drug-likeness (QED) is 0.733. The van der Waals surface area contributed by atoms with Gasteiger partial charge in [0.15, 0.2) is 0 Å². The second kappa shape index (κ2) is 4.95. The number of rotatable bonds is 4. The molecule has 0 radical (unpaired) electrons. The van der Waals surface area contributed by atoms with E-state index in [9.17, 15) is 4.79 Å². The van der Waals surface area contributed by atoms with E-state index in [1.165, 1.54) is 0 Å². The molecule has 0 saturated carbocycles. The summed E-state index contributed by atoms with van der Waals surface area (Å²) in [6.07, 6.45) is 0.642. The maximum absolute atomic E-state index is 11.7. The van der Waals surface area contributed by atoms with Crippen LogP contribution < -0.4 is 10.6 Å². The molecule has 3 N–H and O–H groups in total. The first-order valence-corrected chi connectivity index (χ1v) is 5.97. The van der Waals surface area contributed by atoms with Gasteiger partial charge in [0, 0.05) is 22.3 Å². The predicted octanol–water partition coefficient (Wildman–Crippen LogP) is 1.41. The molecule has 1 atom stereocenters. The Labute approximate surface area is 102 Å². The van der Waals surface area contributed by atoms with Crippen molar-refractivity contribution >= 4 is 27.5 Å². The van der Waals surface area contributed by atoms with Crippen molar-refractivity contribution in [1.29, 1.82) is 0 Å². The maximum atomic E-state index is 11.7. The van der Waals surface area contributed by atoms with Crippen LogP contribution in [-0.2, 0) is 4.79 Å². The van der Waals surface area contributed by atoms with Crippen LogP contribution in [0.3, 0.4) is 0 Å². The third kappa shape index (κ3) is 2.11. The highest BCUT2D eigenvalue weighted by Crippen LogP contribution is 2.36. The first-order valence-electron chi connectivity index (χ1n) is 5.17. The Balaban J connectivity index is 2.18. The zero-order chi connectivity index (χ0) is 11.5. The zero-order valence-electron chi connectivity index (χ0n) is 8.66. The fourth-order valence-electron chi connectivity index (χ4n) is 1.80. The highest BCUT2D eigenvalue weighted by Gasteiger charge is 2.31. The van der Waals surface area contributed by atoms with E-state index in [0.717, 1.165) is 15.7 Å². The number of hydrogen-bond acceptors (Lipinski definition) is 3. The second-order valence-electron chi connectivity index (χ2n) is 3.65. The number of carbonyl (C=O) groups is 1. The van der Waals surface area contributed by atoms with E-state index in [1.807, 2.05) is 18.2 Å². The summed E-state index contributed by atoms with van der Waals surface area (Å²) in [6.45, 7) is 0.750. The molecule has 0 aromatic heterocycles. The fourth-order valence-corrected chi connectivity index (χ4v) is 2.39. The van der Waals surface area contributed by atoms with Crippen LogP contribution in [0.1, 0.15) is 18.0 Å². The third-order valence-corrected chi connectivity index (χ3v) is 3.24. The molecule has 1 aromatic rings. The third-order valence-electron chi connectivity index (χ3n) is 2.55. The van der Waals surface area contributed by atoms with Crippen LogP contribution in [0.4, 0.5) is 5.69 Å². The van der Waals surface area contributed by atoms with Gasteiger partial charge in [-0.1, -0.05) is 22.0 Å². The molecule has 0 bridgehead atoms. The van der Waals surface area contributed by atoms with Crippen LogP contribution in [0.15, 0.2) is 22.7 Å². The van der Waals surface area contributed by atoms with Crippen molar-refractivity contribution in [3.05, 3.63) is 28.2 Å². The summed E-state index contributed by atoms with van der Waals surface area (Å²) in [6, 6.07) is 5.36. The van der Waals surface area contributed by atoms with E-state index in [1.54, 1.807) is 0 Å². The van der Waals surface area contributed by atoms with Crippen LogP contribution in [0.5, 0.6) is 0 Å². The smallest absolute Gasteiger partial charge is 0.246 e. The predicted molar refractivity (Wildman–Crippen MR) is 65.2 cm³/mol. The Morgan fingerprint density at radius 3 is 3.06 bits per heavy atom. The van der Waals surface area contributed by atoms with Crippen molar-refractivity contribution in [1.82, 2.24) is 5.32 Å². The highest BCUT2D eigenvalue weighted by atomic mass is 79.9. The van der Waals surface area contributed by atoms with Crippen molar-refractivity contribution in [2.75, 3.05) is 18.5 Å². The van der Waals surface area contributed by atoms with Gasteiger partial charge in [-0.2, -0.15) is 0 Å². The maximum Gasteiger partial charge on any atom is 0.246 e. The summed E-state index contributed by atoms with van der Waals surface area (Å²) in [5.74, 6) is -0.0418. The van der Waals surface area contributed by atoms with Gasteiger partial charge in [-0.15, -0.1) is 0 Å². The molecule has 0 spiro atoms. The molecule has 0 aliphatic carbocycles. The summed E-state index contributed by atoms with van der Waals surface area (Å²) < 4.78 is 0.921. The summed E-state index contributed by atoms with van der Waals surface area (Å²) in [4.78, 5) is 11.7. The molecule has 1 amide bonds. The Bertz CT molecular complexity index is 409. The van der Waals surface area contributed by atoms with Gasteiger partial charge in [-0.25, -0.2) is 0 Å². The summed E-state index contributed by atoms with van der Waals surface area (Å²) in [7, 11) is 0. The van der Waals surface area contributed by atoms with Gasteiger partial charge in [0.05, 0.1) is 0 Å². The lowest BCUT2D eigenvalue weighted by Crippen LogP contribution is -2.28. The molecule has 0 saturated heterocycles. The number of nitrogens with one attached hydrogen (secondary N) is 2. The molecule has 1 aromatic carbocycles. The van der Waals surface area contributed by atoms with E-state index in [-0.39, 0.29) is 18.6 Å². The summed E-state index contributed by atoms with van der Waals surface area (Å²) in [5, 5.41) is 14.7. The zero-order valence-corrected chi connectivity index (χ0v) is 10.3. The van der Waals surface area contributed by atoms with Gasteiger partial charge in [-0.3, -0.25) is 4.79 Å². The van der Waals surface area contributed by atoms with E-state index in [0.29, 0.717) is 13.0 Å². The van der Waals surface area contributed by atoms with Gasteiger partial charge >= 0.3 is 0 Å². The van der Waals surface area contributed by atoms with E-state index in [2.05, 4.69) is 26.6 Å². The van der Waals surface area contributed by atoms with Crippen LogP contribution in [-0.4, -0.2) is 24.2 Å². The lowest BCUT2D eigenvalue weighted by molar-refractivity contribution is -0.117. The molecule has 2 rings (SSSR count). The minimum absolute atomic E-state index is 0.0418. The molecular weight excluding hydrogens is 272 g/mol. The normalized spacial score (nSPS) is 18.4. The van der Waals surface area contributed by atoms with Crippen molar-refractivity contribution in [3.63, 3.8) is 0 Å². The van der Waals surface area contributed by atoms with Crippen molar-refractivity contribution in [2.45, 2.75) is 12.5 Å². The Kier molecular flexibility index (Phi) is 3.58. The van der Waals surface area contributed by atoms with Crippen molar-refractivity contribution < 1.29 is 9.90 Å². The van der Waals surface area contributed by atoms with Crippen LogP contribution >= 0.6 is 15.9 Å². The first-order chi connectivity index (χ1) is 7.74. The molecular formula is C11H13BrN2O2. The highest BCUT2D eigenvalue weighted by molar-refractivity contribution is 9.10. The first kappa shape index (κ1) is 11.6. The Morgan fingerprint density at radius 1 is 1.50 bits per heavy atom. The molecule has 16 heavy (non-hydrogen) atoms. The van der Waals surface area contributed by atoms with Gasteiger partial charge in [0.2, 0.25) is 5.91 Å². The number of aliphatic hydroxyl groups excluding tert-OH is 1. The van der Waals surface area contributed by atoms with E-state index >= 15 is 0 Å². The van der Waals surface area contributed by atoms with Gasteiger partial charge < -0.3 is 15.7 Å². The van der Waals surface area contributed by atoms with Gasteiger partial charge in [0.1, 0.15) is 6.04 Å². The number of hydrogen-bond donors (Lipinski definition) is 3. The molecule has 1 heterocycles. The second-order valence-corrected chi connectivity index (χ2v) is 4.51. The molecule has 0 fully saturated rings. The number of carbonyl (C=O) groups excluding carboxylic acids is 1.